The molecular formula is C21H30N4O3. The Labute approximate surface area is 166 Å². The van der Waals surface area contributed by atoms with Gasteiger partial charge in [-0.05, 0) is 58.2 Å². The summed E-state index contributed by atoms with van der Waals surface area (Å²) in [5, 5.41) is 7.10. The average molecular weight is 386 g/mol. The van der Waals surface area contributed by atoms with Crippen molar-refractivity contribution in [2.75, 3.05) is 19.7 Å². The summed E-state index contributed by atoms with van der Waals surface area (Å²) in [6.45, 7) is 9.83. The molecule has 1 atom stereocenters. The Morgan fingerprint density at radius 3 is 2.96 bits per heavy atom. The average Bonchev–Trinajstić information content (AvgIpc) is 3.09. The van der Waals surface area contributed by atoms with Gasteiger partial charge in [0.1, 0.15) is 5.75 Å². The fourth-order valence-corrected chi connectivity index (χ4v) is 3.26. The Morgan fingerprint density at radius 1 is 1.39 bits per heavy atom. The van der Waals surface area contributed by atoms with E-state index in [9.17, 15) is 4.79 Å². The minimum atomic E-state index is -0.251. The first-order valence-electron chi connectivity index (χ1n) is 9.89. The number of hydrogen-bond donors (Lipinski definition) is 1. The summed E-state index contributed by atoms with van der Waals surface area (Å²) in [4.78, 5) is 18.8. The van der Waals surface area contributed by atoms with E-state index in [1.807, 2.05) is 56.9 Å². The van der Waals surface area contributed by atoms with Crippen LogP contribution in [0.15, 0.2) is 28.8 Å². The molecule has 1 aliphatic rings. The number of rotatable bonds is 5. The fraction of sp³-hybridized carbons (Fsp3) is 0.571. The molecule has 1 unspecified atom stereocenters. The van der Waals surface area contributed by atoms with Crippen molar-refractivity contribution in [1.82, 2.24) is 20.4 Å². The molecule has 2 amide bonds. The van der Waals surface area contributed by atoms with Gasteiger partial charge in [-0.2, -0.15) is 4.98 Å². The van der Waals surface area contributed by atoms with Crippen molar-refractivity contribution in [3.8, 4) is 5.75 Å². The van der Waals surface area contributed by atoms with E-state index < -0.39 is 0 Å². The predicted molar refractivity (Wildman–Crippen MR) is 107 cm³/mol. The van der Waals surface area contributed by atoms with Gasteiger partial charge in [0.05, 0.1) is 12.5 Å². The van der Waals surface area contributed by atoms with Crippen LogP contribution in [0.3, 0.4) is 0 Å². The molecule has 2 heterocycles. The Balaban J connectivity index is 1.52. The highest BCUT2D eigenvalue weighted by Gasteiger charge is 2.29. The van der Waals surface area contributed by atoms with Gasteiger partial charge in [-0.15, -0.1) is 0 Å². The third-order valence-corrected chi connectivity index (χ3v) is 4.61. The number of nitrogens with one attached hydrogen (secondary N) is 1. The summed E-state index contributed by atoms with van der Waals surface area (Å²) in [5.41, 5.74) is 0.913. The monoisotopic (exact) mass is 386 g/mol. The molecule has 1 aliphatic heterocycles. The minimum Gasteiger partial charge on any atom is -0.493 e. The molecule has 1 aromatic heterocycles. The van der Waals surface area contributed by atoms with E-state index in [2.05, 4.69) is 15.5 Å². The number of nitrogens with zero attached hydrogens (tertiary/aromatic N) is 3. The predicted octanol–water partition coefficient (Wildman–Crippen LogP) is 3.69. The molecule has 28 heavy (non-hydrogen) atoms. The topological polar surface area (TPSA) is 80.5 Å². The molecule has 0 bridgehead atoms. The Hall–Kier alpha value is -2.57. The van der Waals surface area contributed by atoms with Crippen LogP contribution in [-0.2, 0) is 6.42 Å². The largest absolute Gasteiger partial charge is 0.493 e. The molecule has 1 fully saturated rings. The maximum atomic E-state index is 12.4. The third-order valence-electron chi connectivity index (χ3n) is 4.61. The van der Waals surface area contributed by atoms with Crippen LogP contribution in [0.1, 0.15) is 56.8 Å². The van der Waals surface area contributed by atoms with Crippen LogP contribution in [0.4, 0.5) is 4.79 Å². The van der Waals surface area contributed by atoms with Crippen LogP contribution in [0.25, 0.3) is 0 Å². The second kappa shape index (κ2) is 8.63. The quantitative estimate of drug-likeness (QED) is 0.848. The van der Waals surface area contributed by atoms with Gasteiger partial charge in [0, 0.05) is 25.0 Å². The first kappa shape index (κ1) is 20.2. The van der Waals surface area contributed by atoms with Gasteiger partial charge in [0.15, 0.2) is 5.82 Å². The van der Waals surface area contributed by atoms with E-state index in [-0.39, 0.29) is 17.5 Å². The Bertz CT molecular complexity index is 797. The van der Waals surface area contributed by atoms with Crippen molar-refractivity contribution < 1.29 is 14.1 Å². The van der Waals surface area contributed by atoms with Gasteiger partial charge in [-0.25, -0.2) is 4.79 Å². The number of amides is 2. The molecule has 0 saturated carbocycles. The first-order valence-corrected chi connectivity index (χ1v) is 9.89. The van der Waals surface area contributed by atoms with E-state index in [0.29, 0.717) is 31.3 Å². The number of aryl methyl sites for hydroxylation is 1. The van der Waals surface area contributed by atoms with Crippen molar-refractivity contribution >= 4 is 6.03 Å². The van der Waals surface area contributed by atoms with E-state index in [1.54, 1.807) is 0 Å². The van der Waals surface area contributed by atoms with E-state index in [0.717, 1.165) is 30.7 Å². The van der Waals surface area contributed by atoms with Crippen LogP contribution in [-0.4, -0.2) is 46.3 Å². The second-order valence-electron chi connectivity index (χ2n) is 8.43. The lowest BCUT2D eigenvalue weighted by Gasteiger charge is -2.33. The molecule has 1 N–H and O–H groups in total. The van der Waals surface area contributed by atoms with Crippen LogP contribution in [0.5, 0.6) is 5.75 Å². The number of likely N-dealkylation sites (tertiary alicyclic amines) is 1. The molecule has 7 nitrogen and oxygen atoms in total. The van der Waals surface area contributed by atoms with Gasteiger partial charge < -0.3 is 19.5 Å². The van der Waals surface area contributed by atoms with Gasteiger partial charge in [0.25, 0.3) is 0 Å². The minimum absolute atomic E-state index is 0.0384. The standard InChI is InChI=1S/C21H30N4O3/c1-15-7-5-9-17(13-15)27-12-10-18-22-19(28-24-18)16-8-6-11-25(14-16)20(26)23-21(2,3)4/h5,7,9,13,16H,6,8,10-12,14H2,1-4H3,(H,23,26). The normalized spacial score (nSPS) is 17.4. The highest BCUT2D eigenvalue weighted by Crippen LogP contribution is 2.26. The molecule has 0 aliphatic carbocycles. The summed E-state index contributed by atoms with van der Waals surface area (Å²) < 4.78 is 11.2. The molecule has 3 rings (SSSR count). The van der Waals surface area contributed by atoms with Crippen molar-refractivity contribution in [1.29, 1.82) is 0 Å². The number of carbonyl (C=O) groups excluding carboxylic acids is 1. The van der Waals surface area contributed by atoms with Gasteiger partial charge in [-0.1, -0.05) is 17.3 Å². The fourth-order valence-electron chi connectivity index (χ4n) is 3.26. The third kappa shape index (κ3) is 5.71. The van der Waals surface area contributed by atoms with Crippen LogP contribution < -0.4 is 10.1 Å². The summed E-state index contributed by atoms with van der Waals surface area (Å²) in [5.74, 6) is 2.17. The smallest absolute Gasteiger partial charge is 0.317 e. The van der Waals surface area contributed by atoms with Crippen molar-refractivity contribution in [2.45, 2.75) is 58.4 Å². The molecule has 152 valence electrons. The second-order valence-corrected chi connectivity index (χ2v) is 8.43. The molecule has 0 radical (unpaired) electrons. The maximum absolute atomic E-state index is 12.4. The number of benzene rings is 1. The number of carbonyl (C=O) groups is 1. The van der Waals surface area contributed by atoms with Gasteiger partial charge >= 0.3 is 6.03 Å². The summed E-state index contributed by atoms with van der Waals surface area (Å²) in [6.07, 6.45) is 2.45. The highest BCUT2D eigenvalue weighted by molar-refractivity contribution is 5.75. The molecule has 1 saturated heterocycles. The summed E-state index contributed by atoms with van der Waals surface area (Å²) in [6, 6.07) is 7.91. The zero-order valence-corrected chi connectivity index (χ0v) is 17.2. The number of piperidine rings is 1. The highest BCUT2D eigenvalue weighted by atomic mass is 16.5. The van der Waals surface area contributed by atoms with E-state index >= 15 is 0 Å². The van der Waals surface area contributed by atoms with Crippen LogP contribution in [0, 0.1) is 6.92 Å². The van der Waals surface area contributed by atoms with E-state index in [4.69, 9.17) is 9.26 Å². The van der Waals surface area contributed by atoms with Crippen molar-refractivity contribution in [3.05, 3.63) is 41.5 Å². The zero-order valence-electron chi connectivity index (χ0n) is 17.2. The number of ether oxygens (including phenoxy) is 1. The maximum Gasteiger partial charge on any atom is 0.317 e. The van der Waals surface area contributed by atoms with Gasteiger partial charge in [-0.3, -0.25) is 0 Å². The Kier molecular flexibility index (Phi) is 6.21. The molecule has 2 aromatic rings. The van der Waals surface area contributed by atoms with Gasteiger partial charge in [0.2, 0.25) is 5.89 Å². The van der Waals surface area contributed by atoms with E-state index in [1.165, 1.54) is 0 Å². The SMILES string of the molecule is Cc1cccc(OCCc2noc(C3CCCN(C(=O)NC(C)(C)C)C3)n2)c1. The molecule has 1 aromatic carbocycles. The first-order chi connectivity index (χ1) is 13.3. The summed E-state index contributed by atoms with van der Waals surface area (Å²) >= 11 is 0. The number of aromatic nitrogens is 2. The Morgan fingerprint density at radius 2 is 2.21 bits per heavy atom. The van der Waals surface area contributed by atoms with Crippen LogP contribution >= 0.6 is 0 Å². The molecule has 7 heteroatoms. The van der Waals surface area contributed by atoms with Crippen molar-refractivity contribution in [3.63, 3.8) is 0 Å². The van der Waals surface area contributed by atoms with Crippen molar-refractivity contribution in [2.24, 2.45) is 0 Å². The molecular weight excluding hydrogens is 356 g/mol. The number of urea groups is 1. The lowest BCUT2D eigenvalue weighted by molar-refractivity contribution is 0.164. The zero-order chi connectivity index (χ0) is 20.1. The summed E-state index contributed by atoms with van der Waals surface area (Å²) in [7, 11) is 0. The van der Waals surface area contributed by atoms with Crippen LogP contribution in [0.2, 0.25) is 0 Å². The lowest BCUT2D eigenvalue weighted by atomic mass is 9.98. The molecule has 0 spiro atoms. The number of hydrogen-bond acceptors (Lipinski definition) is 5. The lowest BCUT2D eigenvalue weighted by Crippen LogP contribution is -2.51.